The maximum Gasteiger partial charge on any atom is 0.248 e. The summed E-state index contributed by atoms with van der Waals surface area (Å²) in [5.74, 6) is -0.185. The lowest BCUT2D eigenvalue weighted by Gasteiger charge is -2.12. The molecule has 0 spiro atoms. The van der Waals surface area contributed by atoms with E-state index >= 15 is 0 Å². The highest BCUT2D eigenvalue weighted by Crippen LogP contribution is 2.22. The van der Waals surface area contributed by atoms with Gasteiger partial charge in [0.1, 0.15) is 11.6 Å². The van der Waals surface area contributed by atoms with Gasteiger partial charge in [0.05, 0.1) is 7.11 Å². The van der Waals surface area contributed by atoms with Crippen molar-refractivity contribution in [2.75, 3.05) is 12.4 Å². The smallest absolute Gasteiger partial charge is 0.248 e. The molecule has 21 heavy (non-hydrogen) atoms. The van der Waals surface area contributed by atoms with Crippen LogP contribution in [0, 0.1) is 12.7 Å². The van der Waals surface area contributed by atoms with Gasteiger partial charge in [-0.05, 0) is 48.9 Å². The fraction of sp³-hybridized carbons (Fsp3) is 0.188. The summed E-state index contributed by atoms with van der Waals surface area (Å²) < 4.78 is 18.9. The molecule has 0 aliphatic carbocycles. The molecule has 2 aromatic rings. The molecule has 1 amide bonds. The molecule has 2 aromatic carbocycles. The number of methoxy groups -OCH3 is 1. The van der Waals surface area contributed by atoms with Gasteiger partial charge in [0.15, 0.2) is 0 Å². The Hall–Kier alpha value is -2.56. The van der Waals surface area contributed by atoms with Crippen molar-refractivity contribution >= 4 is 11.6 Å². The van der Waals surface area contributed by atoms with E-state index in [1.807, 2.05) is 25.1 Å². The minimum atomic E-state index is -0.572. The number of halogens is 1. The van der Waals surface area contributed by atoms with Crippen LogP contribution in [-0.4, -0.2) is 13.0 Å². The van der Waals surface area contributed by atoms with Crippen LogP contribution >= 0.6 is 0 Å². The molecule has 0 aliphatic heterocycles. The third-order valence-corrected chi connectivity index (χ3v) is 3.23. The highest BCUT2D eigenvalue weighted by Gasteiger charge is 2.08. The lowest BCUT2D eigenvalue weighted by molar-refractivity contribution is 0.1000. The third kappa shape index (κ3) is 3.51. The fourth-order valence-electron chi connectivity index (χ4n) is 2.02. The van der Waals surface area contributed by atoms with Crippen molar-refractivity contribution in [1.29, 1.82) is 0 Å². The number of primary amides is 1. The zero-order valence-corrected chi connectivity index (χ0v) is 11.9. The van der Waals surface area contributed by atoms with E-state index in [1.165, 1.54) is 18.2 Å². The van der Waals surface area contributed by atoms with Crippen molar-refractivity contribution in [3.8, 4) is 5.75 Å². The van der Waals surface area contributed by atoms with Gasteiger partial charge in [-0.2, -0.15) is 0 Å². The highest BCUT2D eigenvalue weighted by molar-refractivity contribution is 5.92. The summed E-state index contributed by atoms with van der Waals surface area (Å²) in [7, 11) is 1.60. The van der Waals surface area contributed by atoms with Gasteiger partial charge in [-0.3, -0.25) is 4.79 Å². The van der Waals surface area contributed by atoms with Gasteiger partial charge in [0, 0.05) is 23.4 Å². The third-order valence-electron chi connectivity index (χ3n) is 3.23. The zero-order valence-electron chi connectivity index (χ0n) is 11.9. The average molecular weight is 288 g/mol. The fourth-order valence-corrected chi connectivity index (χ4v) is 2.02. The van der Waals surface area contributed by atoms with Gasteiger partial charge in [0.25, 0.3) is 0 Å². The summed E-state index contributed by atoms with van der Waals surface area (Å²) in [4.78, 5) is 11.1. The van der Waals surface area contributed by atoms with Crippen molar-refractivity contribution in [2.45, 2.75) is 13.5 Å². The number of benzene rings is 2. The number of rotatable bonds is 5. The van der Waals surface area contributed by atoms with Crippen LogP contribution in [0.4, 0.5) is 10.1 Å². The zero-order chi connectivity index (χ0) is 15.4. The molecule has 0 aliphatic rings. The quantitative estimate of drug-likeness (QED) is 0.889. The Kier molecular flexibility index (Phi) is 4.42. The molecule has 110 valence electrons. The van der Waals surface area contributed by atoms with Crippen LogP contribution in [0.25, 0.3) is 0 Å². The summed E-state index contributed by atoms with van der Waals surface area (Å²) in [5.41, 5.74) is 7.74. The Morgan fingerprint density at radius 3 is 2.67 bits per heavy atom. The SMILES string of the molecule is COc1ccc(NCc2cc(C(N)=O)ccc2F)c(C)c1. The molecule has 0 radical (unpaired) electrons. The molecule has 2 rings (SSSR count). The Balaban J connectivity index is 2.16. The van der Waals surface area contributed by atoms with Gasteiger partial charge in [-0.15, -0.1) is 0 Å². The second-order valence-corrected chi connectivity index (χ2v) is 4.70. The maximum absolute atomic E-state index is 13.7. The summed E-state index contributed by atoms with van der Waals surface area (Å²) in [6.45, 7) is 2.20. The lowest BCUT2D eigenvalue weighted by Crippen LogP contribution is -2.12. The predicted molar refractivity (Wildman–Crippen MR) is 80.0 cm³/mol. The van der Waals surface area contributed by atoms with E-state index in [4.69, 9.17) is 10.5 Å². The average Bonchev–Trinajstić information content (AvgIpc) is 2.47. The van der Waals surface area contributed by atoms with Crippen LogP contribution in [0.15, 0.2) is 36.4 Å². The largest absolute Gasteiger partial charge is 0.497 e. The van der Waals surface area contributed by atoms with E-state index in [0.29, 0.717) is 11.1 Å². The van der Waals surface area contributed by atoms with E-state index in [1.54, 1.807) is 7.11 Å². The van der Waals surface area contributed by atoms with Crippen LogP contribution in [0.2, 0.25) is 0 Å². The van der Waals surface area contributed by atoms with Crippen LogP contribution in [0.3, 0.4) is 0 Å². The molecule has 0 saturated carbocycles. The molecule has 0 unspecified atom stereocenters. The van der Waals surface area contributed by atoms with Crippen molar-refractivity contribution in [3.63, 3.8) is 0 Å². The van der Waals surface area contributed by atoms with Gasteiger partial charge >= 0.3 is 0 Å². The number of carbonyl (C=O) groups excluding carboxylic acids is 1. The minimum Gasteiger partial charge on any atom is -0.497 e. The first-order valence-electron chi connectivity index (χ1n) is 6.48. The van der Waals surface area contributed by atoms with Gasteiger partial charge < -0.3 is 15.8 Å². The standard InChI is InChI=1S/C16H17FN2O2/c1-10-7-13(21-2)4-6-15(10)19-9-12-8-11(16(18)20)3-5-14(12)17/h3-8,19H,9H2,1-2H3,(H2,18,20). The molecule has 5 heteroatoms. The van der Waals surface area contributed by atoms with Crippen LogP contribution in [0.5, 0.6) is 5.75 Å². The molecule has 0 saturated heterocycles. The van der Waals surface area contributed by atoms with Crippen LogP contribution < -0.4 is 15.8 Å². The molecule has 0 atom stereocenters. The summed E-state index contributed by atoms with van der Waals surface area (Å²) in [5, 5.41) is 3.14. The molecule has 0 heterocycles. The molecule has 0 aromatic heterocycles. The molecule has 4 nitrogen and oxygen atoms in total. The van der Waals surface area contributed by atoms with E-state index < -0.39 is 5.91 Å². The summed E-state index contributed by atoms with van der Waals surface area (Å²) in [6, 6.07) is 9.66. The minimum absolute atomic E-state index is 0.264. The number of anilines is 1. The van der Waals surface area contributed by atoms with E-state index in [0.717, 1.165) is 17.0 Å². The number of ether oxygens (including phenoxy) is 1. The Labute approximate surface area is 122 Å². The number of nitrogens with one attached hydrogen (secondary N) is 1. The van der Waals surface area contributed by atoms with Crippen molar-refractivity contribution in [3.05, 3.63) is 58.9 Å². The topological polar surface area (TPSA) is 64.3 Å². The number of nitrogens with two attached hydrogens (primary N) is 1. The van der Waals surface area contributed by atoms with Crippen LogP contribution in [-0.2, 0) is 6.54 Å². The Morgan fingerprint density at radius 1 is 1.29 bits per heavy atom. The lowest BCUT2D eigenvalue weighted by atomic mass is 10.1. The van der Waals surface area contributed by atoms with Crippen molar-refractivity contribution in [2.24, 2.45) is 5.73 Å². The van der Waals surface area contributed by atoms with E-state index in [9.17, 15) is 9.18 Å². The highest BCUT2D eigenvalue weighted by atomic mass is 19.1. The number of hydrogen-bond acceptors (Lipinski definition) is 3. The molecule has 3 N–H and O–H groups in total. The first kappa shape index (κ1) is 14.8. The number of carbonyl (C=O) groups is 1. The summed E-state index contributed by atoms with van der Waals surface area (Å²) in [6.07, 6.45) is 0. The monoisotopic (exact) mass is 288 g/mol. The number of aryl methyl sites for hydroxylation is 1. The number of amides is 1. The molecule has 0 bridgehead atoms. The van der Waals surface area contributed by atoms with Crippen molar-refractivity contribution < 1.29 is 13.9 Å². The number of hydrogen-bond donors (Lipinski definition) is 2. The molecule has 0 fully saturated rings. The van der Waals surface area contributed by atoms with E-state index in [-0.39, 0.29) is 12.4 Å². The second-order valence-electron chi connectivity index (χ2n) is 4.70. The molecular weight excluding hydrogens is 271 g/mol. The van der Waals surface area contributed by atoms with Crippen LogP contribution in [0.1, 0.15) is 21.5 Å². The summed E-state index contributed by atoms with van der Waals surface area (Å²) >= 11 is 0. The van der Waals surface area contributed by atoms with Gasteiger partial charge in [-0.1, -0.05) is 0 Å². The predicted octanol–water partition coefficient (Wildman–Crippen LogP) is 2.85. The Morgan fingerprint density at radius 2 is 2.05 bits per heavy atom. The second kappa shape index (κ2) is 6.26. The Bertz CT molecular complexity index is 671. The first-order valence-corrected chi connectivity index (χ1v) is 6.48. The molecular formula is C16H17FN2O2. The van der Waals surface area contributed by atoms with Gasteiger partial charge in [0.2, 0.25) is 5.91 Å². The normalized spacial score (nSPS) is 10.2. The maximum atomic E-state index is 13.7. The van der Waals surface area contributed by atoms with Crippen molar-refractivity contribution in [1.82, 2.24) is 0 Å². The first-order chi connectivity index (χ1) is 10.0. The van der Waals surface area contributed by atoms with E-state index in [2.05, 4.69) is 5.32 Å². The van der Waals surface area contributed by atoms with Gasteiger partial charge in [-0.25, -0.2) is 4.39 Å².